The van der Waals surface area contributed by atoms with Crippen LogP contribution in [0.2, 0.25) is 0 Å². The van der Waals surface area contributed by atoms with Gasteiger partial charge in [-0.05, 0) is 18.1 Å². The molecule has 2 aromatic rings. The predicted octanol–water partition coefficient (Wildman–Crippen LogP) is 1.68. The van der Waals surface area contributed by atoms with Crippen molar-refractivity contribution < 1.29 is 4.79 Å². The number of ketones is 1. The van der Waals surface area contributed by atoms with Crippen molar-refractivity contribution in [3.8, 4) is 5.69 Å². The maximum Gasteiger partial charge on any atom is 0.187 e. The highest BCUT2D eigenvalue weighted by molar-refractivity contribution is 5.96. The van der Waals surface area contributed by atoms with Gasteiger partial charge < -0.3 is 5.73 Å². The number of nitrogens with two attached hydrogens (primary N) is 1. The minimum absolute atomic E-state index is 0.00801. The highest BCUT2D eigenvalue weighted by atomic mass is 16.1. The van der Waals surface area contributed by atoms with Gasteiger partial charge in [0.15, 0.2) is 5.78 Å². The van der Waals surface area contributed by atoms with E-state index in [1.165, 1.54) is 6.20 Å². The van der Waals surface area contributed by atoms with Crippen LogP contribution < -0.4 is 5.73 Å². The largest absolute Gasteiger partial charge is 0.330 e. The lowest BCUT2D eigenvalue weighted by atomic mass is 9.90. The minimum Gasteiger partial charge on any atom is -0.330 e. The van der Waals surface area contributed by atoms with Gasteiger partial charge in [0.1, 0.15) is 5.69 Å². The molecule has 1 unspecified atom stereocenters. The van der Waals surface area contributed by atoms with E-state index < -0.39 is 0 Å². The van der Waals surface area contributed by atoms with Crippen LogP contribution in [-0.4, -0.2) is 27.3 Å². The number of para-hydroxylation sites is 1. The molecule has 0 radical (unpaired) electrons. The van der Waals surface area contributed by atoms with E-state index in [0.717, 1.165) is 5.69 Å². The molecule has 5 heteroatoms. The molecule has 0 fully saturated rings. The summed E-state index contributed by atoms with van der Waals surface area (Å²) in [7, 11) is 0. The number of carbonyl (C=O) groups is 1. The fraction of sp³-hybridized carbons (Fsp3) is 0.357. The van der Waals surface area contributed by atoms with Crippen LogP contribution in [0.1, 0.15) is 24.3 Å². The average Bonchev–Trinajstić information content (AvgIpc) is 2.89. The normalized spacial score (nSPS) is 12.6. The molecule has 1 aromatic heterocycles. The molecule has 1 atom stereocenters. The highest BCUT2D eigenvalue weighted by Crippen LogP contribution is 2.18. The van der Waals surface area contributed by atoms with Crippen molar-refractivity contribution >= 4 is 5.78 Å². The van der Waals surface area contributed by atoms with E-state index in [-0.39, 0.29) is 17.6 Å². The van der Waals surface area contributed by atoms with Gasteiger partial charge in [-0.25, -0.2) is 4.68 Å². The summed E-state index contributed by atoms with van der Waals surface area (Å²) in [5.41, 5.74) is 7.00. The molecule has 5 nitrogen and oxygen atoms in total. The number of carbonyl (C=O) groups excluding carboxylic acids is 1. The van der Waals surface area contributed by atoms with Crippen LogP contribution in [0.15, 0.2) is 36.5 Å². The van der Waals surface area contributed by atoms with Crippen LogP contribution >= 0.6 is 0 Å². The molecule has 0 saturated heterocycles. The van der Waals surface area contributed by atoms with Gasteiger partial charge in [-0.3, -0.25) is 4.79 Å². The Morgan fingerprint density at radius 3 is 2.58 bits per heavy atom. The van der Waals surface area contributed by atoms with E-state index in [1.54, 1.807) is 4.68 Å². The third-order valence-corrected chi connectivity index (χ3v) is 3.20. The molecular formula is C14H18N4O. The lowest BCUT2D eigenvalue weighted by Crippen LogP contribution is -2.29. The number of nitrogens with zero attached hydrogens (tertiary/aromatic N) is 3. The van der Waals surface area contributed by atoms with E-state index in [9.17, 15) is 4.79 Å². The molecule has 0 bridgehead atoms. The second kappa shape index (κ2) is 5.75. The minimum atomic E-state index is -0.207. The van der Waals surface area contributed by atoms with Crippen LogP contribution in [0, 0.1) is 11.8 Å². The monoisotopic (exact) mass is 258 g/mol. The number of aromatic nitrogens is 3. The molecule has 1 heterocycles. The van der Waals surface area contributed by atoms with Crippen LogP contribution in [-0.2, 0) is 0 Å². The van der Waals surface area contributed by atoms with Gasteiger partial charge in [0, 0.05) is 12.5 Å². The molecule has 1 aromatic carbocycles. The first-order valence-electron chi connectivity index (χ1n) is 6.35. The molecule has 0 saturated carbocycles. The fourth-order valence-corrected chi connectivity index (χ4v) is 2.03. The molecule has 100 valence electrons. The standard InChI is InChI=1S/C14H18N4O/c1-10(2)12(8-15)14(19)13-9-16-17-18(13)11-6-4-3-5-7-11/h3-7,9-10,12H,8,15H2,1-2H3. The Hall–Kier alpha value is -2.01. The summed E-state index contributed by atoms with van der Waals surface area (Å²) in [6, 6.07) is 9.48. The predicted molar refractivity (Wildman–Crippen MR) is 73.1 cm³/mol. The second-order valence-corrected chi connectivity index (χ2v) is 4.82. The maximum atomic E-state index is 12.5. The van der Waals surface area contributed by atoms with Gasteiger partial charge in [-0.15, -0.1) is 5.10 Å². The van der Waals surface area contributed by atoms with Gasteiger partial charge in [-0.2, -0.15) is 0 Å². The Balaban J connectivity index is 2.37. The Labute approximate surface area is 112 Å². The molecular weight excluding hydrogens is 240 g/mol. The summed E-state index contributed by atoms with van der Waals surface area (Å²) in [5.74, 6) is -0.0241. The summed E-state index contributed by atoms with van der Waals surface area (Å²) in [6.07, 6.45) is 1.50. The quantitative estimate of drug-likeness (QED) is 0.828. The number of benzene rings is 1. The maximum absolute atomic E-state index is 12.5. The van der Waals surface area contributed by atoms with Crippen LogP contribution in [0.25, 0.3) is 5.69 Å². The van der Waals surface area contributed by atoms with Crippen molar-refractivity contribution in [2.24, 2.45) is 17.6 Å². The first-order chi connectivity index (χ1) is 9.15. The summed E-state index contributed by atoms with van der Waals surface area (Å²) in [5, 5.41) is 7.84. The Morgan fingerprint density at radius 1 is 1.32 bits per heavy atom. The smallest absolute Gasteiger partial charge is 0.187 e. The Morgan fingerprint density at radius 2 is 2.00 bits per heavy atom. The zero-order valence-corrected chi connectivity index (χ0v) is 11.2. The van der Waals surface area contributed by atoms with Crippen molar-refractivity contribution in [2.45, 2.75) is 13.8 Å². The molecule has 0 aliphatic rings. The van der Waals surface area contributed by atoms with E-state index in [1.807, 2.05) is 44.2 Å². The van der Waals surface area contributed by atoms with Crippen molar-refractivity contribution in [2.75, 3.05) is 6.54 Å². The van der Waals surface area contributed by atoms with Gasteiger partial charge in [0.05, 0.1) is 11.9 Å². The Kier molecular flexibility index (Phi) is 4.06. The average molecular weight is 258 g/mol. The van der Waals surface area contributed by atoms with E-state index in [4.69, 9.17) is 5.73 Å². The summed E-state index contributed by atoms with van der Waals surface area (Å²) < 4.78 is 1.56. The number of hydrogen-bond acceptors (Lipinski definition) is 4. The van der Waals surface area contributed by atoms with Gasteiger partial charge in [0.25, 0.3) is 0 Å². The molecule has 2 rings (SSSR count). The lowest BCUT2D eigenvalue weighted by Gasteiger charge is -2.17. The zero-order chi connectivity index (χ0) is 13.8. The van der Waals surface area contributed by atoms with Crippen molar-refractivity contribution in [3.05, 3.63) is 42.2 Å². The first kappa shape index (κ1) is 13.4. The van der Waals surface area contributed by atoms with Gasteiger partial charge >= 0.3 is 0 Å². The van der Waals surface area contributed by atoms with E-state index in [0.29, 0.717) is 12.2 Å². The summed E-state index contributed by atoms with van der Waals surface area (Å²) >= 11 is 0. The molecule has 2 N–H and O–H groups in total. The van der Waals surface area contributed by atoms with Gasteiger partial charge in [-0.1, -0.05) is 37.3 Å². The number of hydrogen-bond donors (Lipinski definition) is 1. The fourth-order valence-electron chi connectivity index (χ4n) is 2.03. The summed E-state index contributed by atoms with van der Waals surface area (Å²) in [4.78, 5) is 12.5. The lowest BCUT2D eigenvalue weighted by molar-refractivity contribution is 0.0884. The summed E-state index contributed by atoms with van der Waals surface area (Å²) in [6.45, 7) is 4.31. The van der Waals surface area contributed by atoms with Crippen LogP contribution in [0.5, 0.6) is 0 Å². The van der Waals surface area contributed by atoms with E-state index >= 15 is 0 Å². The Bertz CT molecular complexity index is 548. The molecule has 0 aliphatic carbocycles. The number of Topliss-reactive ketones (excluding diaryl/α,β-unsaturated/α-hetero) is 1. The highest BCUT2D eigenvalue weighted by Gasteiger charge is 2.25. The molecule has 0 amide bonds. The number of rotatable bonds is 5. The first-order valence-corrected chi connectivity index (χ1v) is 6.35. The topological polar surface area (TPSA) is 73.8 Å². The molecule has 19 heavy (non-hydrogen) atoms. The van der Waals surface area contributed by atoms with Crippen LogP contribution in [0.3, 0.4) is 0 Å². The SMILES string of the molecule is CC(C)C(CN)C(=O)c1cnnn1-c1ccccc1. The van der Waals surface area contributed by atoms with E-state index in [2.05, 4.69) is 10.3 Å². The van der Waals surface area contributed by atoms with Crippen molar-refractivity contribution in [1.29, 1.82) is 0 Å². The molecule has 0 spiro atoms. The van der Waals surface area contributed by atoms with Crippen LogP contribution in [0.4, 0.5) is 0 Å². The third-order valence-electron chi connectivity index (χ3n) is 3.20. The third kappa shape index (κ3) is 2.71. The van der Waals surface area contributed by atoms with Gasteiger partial charge in [0.2, 0.25) is 0 Å². The molecule has 0 aliphatic heterocycles. The zero-order valence-electron chi connectivity index (χ0n) is 11.2. The van der Waals surface area contributed by atoms with Crippen molar-refractivity contribution in [3.63, 3.8) is 0 Å². The van der Waals surface area contributed by atoms with Crippen molar-refractivity contribution in [1.82, 2.24) is 15.0 Å². The second-order valence-electron chi connectivity index (χ2n) is 4.82.